The number of primary amides is 1. The molecular formula is C31H37N3O7. The molecule has 0 radical (unpaired) electrons. The first-order chi connectivity index (χ1) is 19.7. The summed E-state index contributed by atoms with van der Waals surface area (Å²) in [6, 6.07) is 19.5. The highest BCUT2D eigenvalue weighted by molar-refractivity contribution is 5.98. The van der Waals surface area contributed by atoms with E-state index in [4.69, 9.17) is 24.7 Å². The standard InChI is InChI=1S/C31H37N3O7/c1-20(30(32)36)10-15-28(35)34-25(31(37)33-23-17-26(38-2)29(40-4)27(18-23)39-3)16-21-11-13-24(14-12-21)41-19-22-8-6-5-7-9-22/h5-9,11-14,17-18,20,25H,10,15-16,19H2,1-4H3,(H2,32,36)(H,33,37)(H,34,35). The first-order valence-corrected chi connectivity index (χ1v) is 13.2. The first-order valence-electron chi connectivity index (χ1n) is 13.2. The molecule has 0 aliphatic heterocycles. The molecule has 218 valence electrons. The molecule has 41 heavy (non-hydrogen) atoms. The van der Waals surface area contributed by atoms with Gasteiger partial charge in [-0.15, -0.1) is 0 Å². The van der Waals surface area contributed by atoms with Gasteiger partial charge in [-0.3, -0.25) is 14.4 Å². The van der Waals surface area contributed by atoms with Crippen molar-refractivity contribution in [1.82, 2.24) is 5.32 Å². The largest absolute Gasteiger partial charge is 0.493 e. The number of carbonyl (C=O) groups is 3. The van der Waals surface area contributed by atoms with E-state index in [2.05, 4.69) is 10.6 Å². The molecule has 0 aliphatic carbocycles. The van der Waals surface area contributed by atoms with Gasteiger partial charge in [0.1, 0.15) is 18.4 Å². The molecule has 0 saturated carbocycles. The van der Waals surface area contributed by atoms with Crippen molar-refractivity contribution in [2.75, 3.05) is 26.6 Å². The quantitative estimate of drug-likeness (QED) is 0.255. The Morgan fingerprint density at radius 3 is 2.05 bits per heavy atom. The number of hydrogen-bond acceptors (Lipinski definition) is 7. The summed E-state index contributed by atoms with van der Waals surface area (Å²) < 4.78 is 22.0. The van der Waals surface area contributed by atoms with Crippen LogP contribution in [-0.4, -0.2) is 45.1 Å². The van der Waals surface area contributed by atoms with Gasteiger partial charge in [-0.1, -0.05) is 49.4 Å². The molecule has 3 aromatic rings. The van der Waals surface area contributed by atoms with Crippen LogP contribution < -0.4 is 35.3 Å². The number of benzene rings is 3. The minimum absolute atomic E-state index is 0.0460. The maximum atomic E-state index is 13.4. The highest BCUT2D eigenvalue weighted by Gasteiger charge is 2.24. The van der Waals surface area contributed by atoms with Crippen molar-refractivity contribution in [2.24, 2.45) is 11.7 Å². The first kappa shape index (κ1) is 30.8. The zero-order valence-corrected chi connectivity index (χ0v) is 23.8. The van der Waals surface area contributed by atoms with Crippen molar-refractivity contribution in [3.05, 3.63) is 77.9 Å². The number of nitrogens with one attached hydrogen (secondary N) is 2. The average molecular weight is 564 g/mol. The molecule has 0 aliphatic rings. The number of carbonyl (C=O) groups excluding carboxylic acids is 3. The smallest absolute Gasteiger partial charge is 0.247 e. The minimum Gasteiger partial charge on any atom is -0.493 e. The van der Waals surface area contributed by atoms with Crippen LogP contribution in [0.1, 0.15) is 30.9 Å². The van der Waals surface area contributed by atoms with Crippen LogP contribution in [0.15, 0.2) is 66.7 Å². The van der Waals surface area contributed by atoms with E-state index in [0.29, 0.717) is 35.3 Å². The van der Waals surface area contributed by atoms with Gasteiger partial charge in [0.25, 0.3) is 0 Å². The Morgan fingerprint density at radius 1 is 0.854 bits per heavy atom. The van der Waals surface area contributed by atoms with E-state index in [1.54, 1.807) is 19.1 Å². The molecule has 2 atom stereocenters. The van der Waals surface area contributed by atoms with Crippen LogP contribution in [0.5, 0.6) is 23.0 Å². The van der Waals surface area contributed by atoms with Crippen LogP contribution in [0.2, 0.25) is 0 Å². The highest BCUT2D eigenvalue weighted by atomic mass is 16.5. The second-order valence-corrected chi connectivity index (χ2v) is 9.49. The lowest BCUT2D eigenvalue weighted by Gasteiger charge is -2.20. The van der Waals surface area contributed by atoms with Crippen LogP contribution >= 0.6 is 0 Å². The molecule has 0 fully saturated rings. The van der Waals surface area contributed by atoms with Gasteiger partial charge >= 0.3 is 0 Å². The van der Waals surface area contributed by atoms with Gasteiger partial charge in [-0.2, -0.15) is 0 Å². The zero-order chi connectivity index (χ0) is 29.8. The van der Waals surface area contributed by atoms with Crippen molar-refractivity contribution < 1.29 is 33.3 Å². The third kappa shape index (κ3) is 9.16. The van der Waals surface area contributed by atoms with E-state index in [1.165, 1.54) is 21.3 Å². The number of anilines is 1. The van der Waals surface area contributed by atoms with Gasteiger partial charge in [0.2, 0.25) is 23.5 Å². The highest BCUT2D eigenvalue weighted by Crippen LogP contribution is 2.40. The number of nitrogens with two attached hydrogens (primary N) is 1. The number of rotatable bonds is 15. The van der Waals surface area contributed by atoms with Crippen molar-refractivity contribution in [3.63, 3.8) is 0 Å². The Hall–Kier alpha value is -4.73. The Labute approximate surface area is 240 Å². The second-order valence-electron chi connectivity index (χ2n) is 9.49. The summed E-state index contributed by atoms with van der Waals surface area (Å²) in [6.07, 6.45) is 0.534. The van der Waals surface area contributed by atoms with Gasteiger partial charge in [0.15, 0.2) is 11.5 Å². The van der Waals surface area contributed by atoms with Gasteiger partial charge in [0, 0.05) is 36.6 Å². The second kappa shape index (κ2) is 15.2. The minimum atomic E-state index is -0.915. The molecule has 4 N–H and O–H groups in total. The molecule has 0 bridgehead atoms. The molecule has 10 nitrogen and oxygen atoms in total. The molecule has 2 unspecified atom stereocenters. The molecule has 3 amide bonds. The number of methoxy groups -OCH3 is 3. The van der Waals surface area contributed by atoms with Crippen LogP contribution in [0.4, 0.5) is 5.69 Å². The molecule has 10 heteroatoms. The molecule has 0 saturated heterocycles. The molecular weight excluding hydrogens is 526 g/mol. The van der Waals surface area contributed by atoms with Crippen molar-refractivity contribution in [1.29, 1.82) is 0 Å². The fraction of sp³-hybridized carbons (Fsp3) is 0.323. The maximum Gasteiger partial charge on any atom is 0.247 e. The number of amides is 3. The van der Waals surface area contributed by atoms with Crippen LogP contribution in [0.25, 0.3) is 0 Å². The van der Waals surface area contributed by atoms with E-state index >= 15 is 0 Å². The van der Waals surface area contributed by atoms with Crippen molar-refractivity contribution in [2.45, 2.75) is 38.8 Å². The van der Waals surface area contributed by atoms with E-state index < -0.39 is 23.8 Å². The topological polar surface area (TPSA) is 138 Å². The van der Waals surface area contributed by atoms with Crippen molar-refractivity contribution in [3.8, 4) is 23.0 Å². The van der Waals surface area contributed by atoms with E-state index in [0.717, 1.165) is 11.1 Å². The Bertz CT molecular complexity index is 1290. The normalized spacial score (nSPS) is 12.0. The summed E-state index contributed by atoms with van der Waals surface area (Å²) >= 11 is 0. The lowest BCUT2D eigenvalue weighted by molar-refractivity contribution is -0.127. The van der Waals surface area contributed by atoms with Gasteiger partial charge < -0.3 is 35.3 Å². The monoisotopic (exact) mass is 563 g/mol. The van der Waals surface area contributed by atoms with Crippen LogP contribution in [-0.2, 0) is 27.4 Å². The Morgan fingerprint density at radius 2 is 1.49 bits per heavy atom. The average Bonchev–Trinajstić information content (AvgIpc) is 2.98. The van der Waals surface area contributed by atoms with Gasteiger partial charge in [-0.05, 0) is 29.7 Å². The molecule has 0 aromatic heterocycles. The lowest BCUT2D eigenvalue weighted by atomic mass is 10.0. The molecule has 0 spiro atoms. The molecule has 3 rings (SSSR count). The summed E-state index contributed by atoms with van der Waals surface area (Å²) in [4.78, 5) is 37.6. The summed E-state index contributed by atoms with van der Waals surface area (Å²) in [7, 11) is 4.44. The summed E-state index contributed by atoms with van der Waals surface area (Å²) in [5.41, 5.74) is 7.58. The van der Waals surface area contributed by atoms with E-state index in [9.17, 15) is 14.4 Å². The SMILES string of the molecule is COc1cc(NC(=O)C(Cc2ccc(OCc3ccccc3)cc2)NC(=O)CCC(C)C(N)=O)cc(OC)c1OC. The number of ether oxygens (including phenoxy) is 4. The summed E-state index contributed by atoms with van der Waals surface area (Å²) in [6.45, 7) is 2.09. The third-order valence-corrected chi connectivity index (χ3v) is 6.49. The zero-order valence-electron chi connectivity index (χ0n) is 23.8. The number of hydrogen-bond donors (Lipinski definition) is 3. The van der Waals surface area contributed by atoms with E-state index in [-0.39, 0.29) is 25.2 Å². The predicted octanol–water partition coefficient (Wildman–Crippen LogP) is 3.86. The molecule has 0 heterocycles. The third-order valence-electron chi connectivity index (χ3n) is 6.49. The van der Waals surface area contributed by atoms with E-state index in [1.807, 2.05) is 54.6 Å². The van der Waals surface area contributed by atoms with Gasteiger partial charge in [0.05, 0.1) is 21.3 Å². The fourth-order valence-corrected chi connectivity index (χ4v) is 4.05. The Kier molecular flexibility index (Phi) is 11.4. The summed E-state index contributed by atoms with van der Waals surface area (Å²) in [5.74, 6) is 0.0470. The van der Waals surface area contributed by atoms with Crippen LogP contribution in [0, 0.1) is 5.92 Å². The van der Waals surface area contributed by atoms with Crippen molar-refractivity contribution >= 4 is 23.4 Å². The summed E-state index contributed by atoms with van der Waals surface area (Å²) in [5, 5.41) is 5.63. The molecule has 3 aromatic carbocycles. The maximum absolute atomic E-state index is 13.4. The van der Waals surface area contributed by atoms with Crippen LogP contribution in [0.3, 0.4) is 0 Å². The predicted molar refractivity (Wildman–Crippen MR) is 155 cm³/mol. The van der Waals surface area contributed by atoms with Gasteiger partial charge in [-0.25, -0.2) is 0 Å². The fourth-order valence-electron chi connectivity index (χ4n) is 4.05. The lowest BCUT2D eigenvalue weighted by Crippen LogP contribution is -2.45. The Balaban J connectivity index is 1.75.